The first-order valence-electron chi connectivity index (χ1n) is 25.9. The molecule has 4 aromatic carbocycles. The molecule has 0 saturated carbocycles. The van der Waals surface area contributed by atoms with Gasteiger partial charge in [-0.15, -0.1) is 0 Å². The number of aryl methyl sites for hydroxylation is 1. The quantitative estimate of drug-likeness (QED) is 0.0532. The maximum Gasteiger partial charge on any atom is 0.358 e. The summed E-state index contributed by atoms with van der Waals surface area (Å²) in [6.07, 6.45) is 5.22. The number of imide groups is 1. The number of hydrogen-bond acceptors (Lipinski definition) is 13. The Morgan fingerprint density at radius 3 is 2.52 bits per heavy atom. The number of likely N-dealkylation sites (tertiary alicyclic amines) is 1. The van der Waals surface area contributed by atoms with Gasteiger partial charge in [0.05, 0.1) is 40.5 Å². The minimum absolute atomic E-state index is 0.0879. The Kier molecular flexibility index (Phi) is 14.5. The van der Waals surface area contributed by atoms with Crippen molar-refractivity contribution in [2.45, 2.75) is 104 Å². The van der Waals surface area contributed by atoms with Crippen molar-refractivity contribution in [3.63, 3.8) is 0 Å². The van der Waals surface area contributed by atoms with Crippen molar-refractivity contribution in [2.75, 3.05) is 41.8 Å². The molecule has 4 amide bonds. The number of thiazole rings is 1. The van der Waals surface area contributed by atoms with Gasteiger partial charge < -0.3 is 19.7 Å². The second-order valence-corrected chi connectivity index (χ2v) is 22.1. The van der Waals surface area contributed by atoms with Crippen LogP contribution in [-0.2, 0) is 39.1 Å². The molecule has 1 unspecified atom stereocenters. The molecule has 17 heteroatoms. The van der Waals surface area contributed by atoms with E-state index in [0.29, 0.717) is 71.9 Å². The van der Waals surface area contributed by atoms with Gasteiger partial charge in [0.15, 0.2) is 10.8 Å². The third kappa shape index (κ3) is 11.3. The second-order valence-electron chi connectivity index (χ2n) is 21.0. The summed E-state index contributed by atoms with van der Waals surface area (Å²) >= 11 is 1.44. The van der Waals surface area contributed by atoms with Crippen LogP contribution in [0.1, 0.15) is 115 Å². The number of fused-ring (bicyclic) bond motifs is 3. The first kappa shape index (κ1) is 51.0. The van der Waals surface area contributed by atoms with Crippen LogP contribution in [0.2, 0.25) is 0 Å². The summed E-state index contributed by atoms with van der Waals surface area (Å²) < 4.78 is 15.1. The molecule has 3 aromatic heterocycles. The largest absolute Gasteiger partial charge is 0.493 e. The highest BCUT2D eigenvalue weighted by molar-refractivity contribution is 7.22. The van der Waals surface area contributed by atoms with Gasteiger partial charge in [-0.3, -0.25) is 39.4 Å². The monoisotopic (exact) mass is 1030 g/mol. The third-order valence-corrected chi connectivity index (χ3v) is 15.6. The smallest absolute Gasteiger partial charge is 0.358 e. The first-order chi connectivity index (χ1) is 36.0. The molecular formula is C58H63N9O7S. The van der Waals surface area contributed by atoms with Crippen LogP contribution < -0.4 is 25.6 Å². The van der Waals surface area contributed by atoms with Crippen LogP contribution in [0.4, 0.5) is 16.6 Å². The van der Waals surface area contributed by atoms with E-state index in [4.69, 9.17) is 14.5 Å². The predicted molar refractivity (Wildman–Crippen MR) is 291 cm³/mol. The number of carbonyl (C=O) groups excluding carboxylic acids is 5. The molecule has 0 aliphatic carbocycles. The second kappa shape index (κ2) is 21.4. The van der Waals surface area contributed by atoms with Crippen LogP contribution >= 0.6 is 11.3 Å². The SMILES string of the molecule is Cc1c(OCCC[C@@H]2CCN(CC(=O)Nc3ccc4c(C5CCC(=O)NC5=O)nn(C)c4c3)[C@@H](C)C2)cccc1-c1ccc(N2CCc3cccc(C(=O)Nc4nc5ccccc5s4)c3C2)nc1C(=O)OC(C)(C)C. The molecule has 16 nitrogen and oxygen atoms in total. The normalized spacial score (nSPS) is 18.2. The zero-order valence-electron chi connectivity index (χ0n) is 43.3. The third-order valence-electron chi connectivity index (χ3n) is 14.6. The summed E-state index contributed by atoms with van der Waals surface area (Å²) in [6, 6.07) is 29.2. The topological polar surface area (TPSA) is 190 Å². The highest BCUT2D eigenvalue weighted by atomic mass is 32.1. The average molecular weight is 1030 g/mol. The Hall–Kier alpha value is -7.50. The minimum Gasteiger partial charge on any atom is -0.493 e. The van der Waals surface area contributed by atoms with Crippen LogP contribution in [0, 0.1) is 12.8 Å². The number of nitrogens with one attached hydrogen (secondary N) is 3. The van der Waals surface area contributed by atoms with Gasteiger partial charge in [-0.1, -0.05) is 47.7 Å². The van der Waals surface area contributed by atoms with Crippen molar-refractivity contribution in [2.24, 2.45) is 13.0 Å². The minimum atomic E-state index is -0.753. The van der Waals surface area contributed by atoms with Gasteiger partial charge in [-0.05, 0) is 162 Å². The van der Waals surface area contributed by atoms with E-state index in [0.717, 1.165) is 81.4 Å². The number of benzene rings is 4. The van der Waals surface area contributed by atoms with E-state index in [2.05, 4.69) is 48.8 Å². The van der Waals surface area contributed by atoms with Gasteiger partial charge in [0, 0.05) is 54.8 Å². The van der Waals surface area contributed by atoms with Crippen molar-refractivity contribution in [1.29, 1.82) is 0 Å². The van der Waals surface area contributed by atoms with Crippen LogP contribution in [0.15, 0.2) is 91.0 Å². The maximum atomic E-state index is 14.1. The molecule has 388 valence electrons. The summed E-state index contributed by atoms with van der Waals surface area (Å²) in [5.41, 5.74) is 7.35. The van der Waals surface area contributed by atoms with Crippen molar-refractivity contribution >= 4 is 78.7 Å². The molecule has 3 N–H and O–H groups in total. The van der Waals surface area contributed by atoms with Crippen LogP contribution in [0.25, 0.3) is 32.2 Å². The number of amides is 4. The molecule has 0 radical (unpaired) electrons. The van der Waals surface area contributed by atoms with E-state index >= 15 is 0 Å². The van der Waals surface area contributed by atoms with Crippen molar-refractivity contribution < 1.29 is 33.4 Å². The fourth-order valence-corrected chi connectivity index (χ4v) is 11.7. The number of rotatable bonds is 14. The zero-order chi connectivity index (χ0) is 52.5. The molecule has 6 heterocycles. The number of hydrogen-bond donors (Lipinski definition) is 3. The highest BCUT2D eigenvalue weighted by Crippen LogP contribution is 2.37. The number of aromatic nitrogens is 4. The molecular weight excluding hydrogens is 967 g/mol. The zero-order valence-corrected chi connectivity index (χ0v) is 44.1. The lowest BCUT2D eigenvalue weighted by Crippen LogP contribution is -2.44. The Balaban J connectivity index is 0.749. The van der Waals surface area contributed by atoms with Gasteiger partial charge >= 0.3 is 5.97 Å². The van der Waals surface area contributed by atoms with E-state index < -0.39 is 17.5 Å². The summed E-state index contributed by atoms with van der Waals surface area (Å²) in [4.78, 5) is 79.5. The number of carbonyl (C=O) groups is 5. The standard InChI is InChI=1S/C58H63N9O7S/c1-34-30-36(25-27-66(34)33-51(69)59-38-19-20-42-46(31-38)65(6)64-52(42)43-22-24-50(68)62-55(43)71)12-11-29-73-47-17-10-14-39(35(47)2)40-21-23-49(61-53(40)56(72)74-58(3,4)5)67-28-26-37-13-9-15-41(44(37)32-67)54(70)63-57-60-45-16-7-8-18-48(45)75-57/h7-10,13-21,23,31,34,36,43H,11-12,22,24-30,32-33H2,1-6H3,(H,59,69)(H,60,63,70)(H,62,68,71)/t34-,36+,43?/m0/s1. The average Bonchev–Trinajstić information content (AvgIpc) is 3.96. The predicted octanol–water partition coefficient (Wildman–Crippen LogP) is 9.74. The summed E-state index contributed by atoms with van der Waals surface area (Å²) in [7, 11) is 1.81. The van der Waals surface area contributed by atoms with Gasteiger partial charge in [0.1, 0.15) is 17.2 Å². The van der Waals surface area contributed by atoms with Crippen molar-refractivity contribution in [3.8, 4) is 16.9 Å². The molecule has 3 aliphatic rings. The summed E-state index contributed by atoms with van der Waals surface area (Å²) in [5, 5.41) is 14.5. The van der Waals surface area contributed by atoms with Crippen molar-refractivity contribution in [3.05, 3.63) is 125 Å². The van der Waals surface area contributed by atoms with E-state index in [1.807, 2.05) is 120 Å². The van der Waals surface area contributed by atoms with E-state index in [9.17, 15) is 24.0 Å². The molecule has 10 rings (SSSR count). The Morgan fingerprint density at radius 1 is 0.893 bits per heavy atom. The summed E-state index contributed by atoms with van der Waals surface area (Å²) in [6.45, 7) is 12.4. The van der Waals surface area contributed by atoms with Crippen LogP contribution in [0.3, 0.4) is 0 Å². The van der Waals surface area contributed by atoms with Crippen LogP contribution in [0.5, 0.6) is 5.75 Å². The first-order valence-corrected chi connectivity index (χ1v) is 26.7. The van der Waals surface area contributed by atoms with Crippen LogP contribution in [-0.4, -0.2) is 92.1 Å². The highest BCUT2D eigenvalue weighted by Gasteiger charge is 2.33. The summed E-state index contributed by atoms with van der Waals surface area (Å²) in [5.74, 6) is -0.0611. The molecule has 2 saturated heterocycles. The van der Waals surface area contributed by atoms with Gasteiger partial charge in [-0.2, -0.15) is 5.10 Å². The number of para-hydroxylation sites is 1. The molecule has 2 fully saturated rings. The number of anilines is 3. The number of nitrogens with zero attached hydrogens (tertiary/aromatic N) is 6. The van der Waals surface area contributed by atoms with Gasteiger partial charge in [-0.25, -0.2) is 14.8 Å². The molecule has 0 bridgehead atoms. The Morgan fingerprint density at radius 2 is 1.72 bits per heavy atom. The van der Waals surface area contributed by atoms with Gasteiger partial charge in [0.25, 0.3) is 5.91 Å². The lowest BCUT2D eigenvalue weighted by Gasteiger charge is -2.37. The number of ether oxygens (including phenoxy) is 2. The Bertz CT molecular complexity index is 3330. The molecule has 0 spiro atoms. The number of piperidine rings is 2. The fraction of sp³-hybridized carbons (Fsp3) is 0.379. The molecule has 3 aliphatic heterocycles. The maximum absolute atomic E-state index is 14.1. The van der Waals surface area contributed by atoms with E-state index in [1.165, 1.54) is 11.3 Å². The van der Waals surface area contributed by atoms with Crippen molar-refractivity contribution in [1.82, 2.24) is 30.0 Å². The lowest BCUT2D eigenvalue weighted by molar-refractivity contribution is -0.134. The van der Waals surface area contributed by atoms with E-state index in [-0.39, 0.29) is 48.3 Å². The lowest BCUT2D eigenvalue weighted by atomic mass is 9.88. The fourth-order valence-electron chi connectivity index (χ4n) is 10.8. The molecule has 7 aromatic rings. The molecule has 3 atom stereocenters. The Labute approximate surface area is 440 Å². The van der Waals surface area contributed by atoms with Gasteiger partial charge in [0.2, 0.25) is 17.7 Å². The number of esters is 1. The number of pyridine rings is 1. The van der Waals surface area contributed by atoms with E-state index in [1.54, 1.807) is 4.68 Å². The molecule has 75 heavy (non-hydrogen) atoms.